The molecule has 1 amide bonds. The molecule has 0 saturated carbocycles. The molecule has 0 bridgehead atoms. The van der Waals surface area contributed by atoms with Crippen LogP contribution in [0.1, 0.15) is 10.4 Å². The molecule has 0 aliphatic heterocycles. The molecule has 0 aromatic heterocycles. The van der Waals surface area contributed by atoms with E-state index in [0.717, 1.165) is 0 Å². The highest BCUT2D eigenvalue weighted by molar-refractivity contribution is 9.10. The van der Waals surface area contributed by atoms with Crippen LogP contribution >= 0.6 is 15.9 Å². The molecule has 0 spiro atoms. The summed E-state index contributed by atoms with van der Waals surface area (Å²) >= 11 is 2.61. The highest BCUT2D eigenvalue weighted by atomic mass is 79.9. The minimum atomic E-state index is -1.58. The molecule has 0 radical (unpaired) electrons. The Morgan fingerprint density at radius 1 is 1.53 bits per heavy atom. The van der Waals surface area contributed by atoms with Crippen LogP contribution in [0.3, 0.4) is 0 Å². The average molecular weight is 281 g/mol. The Bertz CT molecular complexity index is 426. The SMILES string of the molecule is NC(=O)c1c(F)cc(Br)c([N+](=O)[O-])c1F. The summed E-state index contributed by atoms with van der Waals surface area (Å²) in [7, 11) is 0. The number of hydrogen-bond donors (Lipinski definition) is 1. The first-order valence-corrected chi connectivity index (χ1v) is 4.27. The number of nitro groups is 1. The molecule has 8 heteroatoms. The lowest BCUT2D eigenvalue weighted by Gasteiger charge is -2.02. The van der Waals surface area contributed by atoms with E-state index < -0.39 is 38.2 Å². The van der Waals surface area contributed by atoms with Crippen molar-refractivity contribution in [1.82, 2.24) is 0 Å². The summed E-state index contributed by atoms with van der Waals surface area (Å²) in [5.74, 6) is -4.24. The van der Waals surface area contributed by atoms with Gasteiger partial charge in [-0.05, 0) is 22.0 Å². The fourth-order valence-electron chi connectivity index (χ4n) is 0.973. The highest BCUT2D eigenvalue weighted by Gasteiger charge is 2.28. The van der Waals surface area contributed by atoms with Gasteiger partial charge in [0.1, 0.15) is 15.9 Å². The van der Waals surface area contributed by atoms with Gasteiger partial charge in [0.2, 0.25) is 5.82 Å². The number of hydrogen-bond acceptors (Lipinski definition) is 3. The summed E-state index contributed by atoms with van der Waals surface area (Å²) in [5.41, 5.74) is 2.53. The number of nitrogens with zero attached hydrogens (tertiary/aromatic N) is 1. The van der Waals surface area contributed by atoms with E-state index in [1.165, 1.54) is 0 Å². The van der Waals surface area contributed by atoms with Gasteiger partial charge in [-0.1, -0.05) is 0 Å². The largest absolute Gasteiger partial charge is 0.365 e. The summed E-state index contributed by atoms with van der Waals surface area (Å²) in [6, 6.07) is 0.612. The number of carbonyl (C=O) groups excluding carboxylic acids is 1. The van der Waals surface area contributed by atoms with E-state index in [4.69, 9.17) is 0 Å². The third kappa shape index (κ3) is 1.94. The monoisotopic (exact) mass is 280 g/mol. The van der Waals surface area contributed by atoms with Crippen molar-refractivity contribution < 1.29 is 18.5 Å². The van der Waals surface area contributed by atoms with Gasteiger partial charge in [0.25, 0.3) is 5.91 Å². The van der Waals surface area contributed by atoms with Crippen molar-refractivity contribution in [2.75, 3.05) is 0 Å². The molecule has 80 valence electrons. The predicted molar refractivity (Wildman–Crippen MR) is 49.2 cm³/mol. The standard InChI is InChI=1S/C7H3BrF2N2O3/c8-2-1-3(9)4(7(11)13)5(10)6(2)12(14)15/h1H,(H2,11,13). The summed E-state index contributed by atoms with van der Waals surface area (Å²) < 4.78 is 25.9. The minimum Gasteiger partial charge on any atom is -0.365 e. The molecule has 1 aromatic rings. The molecular formula is C7H3BrF2N2O3. The van der Waals surface area contributed by atoms with Crippen LogP contribution in [0.5, 0.6) is 0 Å². The number of nitro benzene ring substituents is 1. The molecule has 0 atom stereocenters. The number of primary amides is 1. The number of benzene rings is 1. The Balaban J connectivity index is 3.64. The molecule has 0 aliphatic rings. The van der Waals surface area contributed by atoms with Crippen LogP contribution in [0.15, 0.2) is 10.5 Å². The van der Waals surface area contributed by atoms with Crippen molar-refractivity contribution in [2.45, 2.75) is 0 Å². The van der Waals surface area contributed by atoms with Gasteiger partial charge in [0.15, 0.2) is 0 Å². The van der Waals surface area contributed by atoms with Gasteiger partial charge >= 0.3 is 5.69 Å². The normalized spacial score (nSPS) is 10.1. The van der Waals surface area contributed by atoms with Crippen LogP contribution in [-0.4, -0.2) is 10.8 Å². The molecule has 0 unspecified atom stereocenters. The van der Waals surface area contributed by atoms with Gasteiger partial charge < -0.3 is 5.73 Å². The molecule has 0 saturated heterocycles. The van der Waals surface area contributed by atoms with Crippen LogP contribution in [0.25, 0.3) is 0 Å². The lowest BCUT2D eigenvalue weighted by Crippen LogP contribution is -2.16. The third-order valence-electron chi connectivity index (χ3n) is 1.57. The molecule has 0 fully saturated rings. The Labute approximate surface area is 90.1 Å². The number of nitrogens with two attached hydrogens (primary N) is 1. The van der Waals surface area contributed by atoms with Gasteiger partial charge in [-0.25, -0.2) is 4.39 Å². The summed E-state index contributed by atoms with van der Waals surface area (Å²) in [6.07, 6.45) is 0. The molecule has 0 heterocycles. The zero-order chi connectivity index (χ0) is 11.7. The van der Waals surface area contributed by atoms with Crippen molar-refractivity contribution in [3.05, 3.63) is 37.9 Å². The van der Waals surface area contributed by atoms with Crippen molar-refractivity contribution in [3.8, 4) is 0 Å². The van der Waals surface area contributed by atoms with Crippen LogP contribution in [0, 0.1) is 21.7 Å². The first kappa shape index (κ1) is 11.5. The Morgan fingerprint density at radius 3 is 2.47 bits per heavy atom. The van der Waals surface area contributed by atoms with Gasteiger partial charge in [-0.2, -0.15) is 4.39 Å². The predicted octanol–water partition coefficient (Wildman–Crippen LogP) is 1.73. The molecule has 2 N–H and O–H groups in total. The minimum absolute atomic E-state index is 0.396. The molecule has 15 heavy (non-hydrogen) atoms. The average Bonchev–Trinajstić information content (AvgIpc) is 1.99. The maximum atomic E-state index is 13.3. The molecule has 0 aliphatic carbocycles. The zero-order valence-corrected chi connectivity index (χ0v) is 8.55. The van der Waals surface area contributed by atoms with Gasteiger partial charge in [0.05, 0.1) is 4.92 Å². The molecule has 5 nitrogen and oxygen atoms in total. The van der Waals surface area contributed by atoms with Gasteiger partial charge in [-0.3, -0.25) is 14.9 Å². The van der Waals surface area contributed by atoms with E-state index >= 15 is 0 Å². The smallest absolute Gasteiger partial charge is 0.319 e. The topological polar surface area (TPSA) is 86.2 Å². The van der Waals surface area contributed by atoms with Crippen LogP contribution in [0.2, 0.25) is 0 Å². The zero-order valence-electron chi connectivity index (χ0n) is 6.96. The fourth-order valence-corrected chi connectivity index (χ4v) is 1.49. The van der Waals surface area contributed by atoms with Crippen LogP contribution in [0.4, 0.5) is 14.5 Å². The Kier molecular flexibility index (Phi) is 2.98. The maximum absolute atomic E-state index is 13.3. The van der Waals surface area contributed by atoms with Crippen molar-refractivity contribution in [2.24, 2.45) is 5.73 Å². The van der Waals surface area contributed by atoms with Crippen LogP contribution < -0.4 is 5.73 Å². The van der Waals surface area contributed by atoms with Crippen molar-refractivity contribution in [1.29, 1.82) is 0 Å². The van der Waals surface area contributed by atoms with E-state index in [0.29, 0.717) is 6.07 Å². The first-order chi connectivity index (χ1) is 6.86. The second-order valence-electron chi connectivity index (χ2n) is 2.50. The summed E-state index contributed by atoms with van der Waals surface area (Å²) in [6.45, 7) is 0. The second-order valence-corrected chi connectivity index (χ2v) is 3.35. The third-order valence-corrected chi connectivity index (χ3v) is 2.18. The van der Waals surface area contributed by atoms with E-state index in [1.807, 2.05) is 0 Å². The summed E-state index contributed by atoms with van der Waals surface area (Å²) in [4.78, 5) is 19.9. The van der Waals surface area contributed by atoms with Crippen LogP contribution in [-0.2, 0) is 0 Å². The number of halogens is 3. The summed E-state index contributed by atoms with van der Waals surface area (Å²) in [5, 5.41) is 10.4. The molecule has 1 aromatic carbocycles. The number of carbonyl (C=O) groups is 1. The first-order valence-electron chi connectivity index (χ1n) is 3.48. The second kappa shape index (κ2) is 3.89. The Morgan fingerprint density at radius 2 is 2.07 bits per heavy atom. The van der Waals surface area contributed by atoms with E-state index in [-0.39, 0.29) is 0 Å². The van der Waals surface area contributed by atoms with E-state index in [1.54, 1.807) is 0 Å². The van der Waals surface area contributed by atoms with Gasteiger partial charge in [-0.15, -0.1) is 0 Å². The fraction of sp³-hybridized carbons (Fsp3) is 0. The highest BCUT2D eigenvalue weighted by Crippen LogP contribution is 2.31. The quantitative estimate of drug-likeness (QED) is 0.661. The van der Waals surface area contributed by atoms with Gasteiger partial charge in [0, 0.05) is 0 Å². The maximum Gasteiger partial charge on any atom is 0.319 e. The van der Waals surface area contributed by atoms with Crippen molar-refractivity contribution in [3.63, 3.8) is 0 Å². The number of amides is 1. The lowest BCUT2D eigenvalue weighted by atomic mass is 10.1. The molecular weight excluding hydrogens is 278 g/mol. The molecule has 1 rings (SSSR count). The van der Waals surface area contributed by atoms with E-state index in [2.05, 4.69) is 21.7 Å². The van der Waals surface area contributed by atoms with Crippen molar-refractivity contribution >= 4 is 27.5 Å². The van der Waals surface area contributed by atoms with E-state index in [9.17, 15) is 23.7 Å². The number of rotatable bonds is 2. The Hall–Kier alpha value is -1.57. The lowest BCUT2D eigenvalue weighted by molar-refractivity contribution is -0.388.